The number of rotatable bonds is 8. The van der Waals surface area contributed by atoms with Crippen molar-refractivity contribution in [3.05, 3.63) is 57.0 Å². The molecule has 0 radical (unpaired) electrons. The Bertz CT molecular complexity index is 934. The maximum atomic E-state index is 11.7. The molecular weight excluding hydrogens is 386 g/mol. The zero-order chi connectivity index (χ0) is 19.4. The van der Waals surface area contributed by atoms with Crippen LogP contribution in [0.2, 0.25) is 5.02 Å². The highest BCUT2D eigenvalue weighted by Crippen LogP contribution is 2.28. The monoisotopic (exact) mass is 405 g/mol. The van der Waals surface area contributed by atoms with E-state index >= 15 is 0 Å². The molecule has 0 atom stereocenters. The van der Waals surface area contributed by atoms with Crippen molar-refractivity contribution in [3.63, 3.8) is 0 Å². The number of hydrogen-bond acceptors (Lipinski definition) is 5. The number of hydrogen-bond donors (Lipinski definition) is 2. The molecule has 0 spiro atoms. The lowest BCUT2D eigenvalue weighted by Gasteiger charge is -2.09. The number of nitrogens with zero attached hydrogens (tertiary/aromatic N) is 2. The van der Waals surface area contributed by atoms with E-state index in [0.717, 1.165) is 22.1 Å². The zero-order valence-electron chi connectivity index (χ0n) is 14.8. The van der Waals surface area contributed by atoms with Gasteiger partial charge < -0.3 is 20.1 Å². The molecule has 0 unspecified atom stereocenters. The normalized spacial score (nSPS) is 10.9. The summed E-state index contributed by atoms with van der Waals surface area (Å²) in [4.78, 5) is 16.3. The second-order valence-electron chi connectivity index (χ2n) is 5.99. The van der Waals surface area contributed by atoms with Gasteiger partial charge in [-0.15, -0.1) is 11.3 Å². The van der Waals surface area contributed by atoms with Crippen LogP contribution in [0.1, 0.15) is 27.5 Å². The minimum Gasteiger partial charge on any atom is -0.486 e. The van der Waals surface area contributed by atoms with E-state index in [1.807, 2.05) is 16.9 Å². The van der Waals surface area contributed by atoms with Gasteiger partial charge in [-0.2, -0.15) is 0 Å². The largest absolute Gasteiger partial charge is 0.486 e. The summed E-state index contributed by atoms with van der Waals surface area (Å²) in [5.74, 6) is 0.243. The van der Waals surface area contributed by atoms with Crippen LogP contribution in [0.5, 0.6) is 5.75 Å². The van der Waals surface area contributed by atoms with Crippen LogP contribution in [0, 0.1) is 6.92 Å². The molecule has 8 heteroatoms. The molecule has 142 valence electrons. The molecule has 0 saturated heterocycles. The first-order valence-electron chi connectivity index (χ1n) is 8.43. The zero-order valence-corrected chi connectivity index (χ0v) is 16.4. The maximum Gasteiger partial charge on any atom is 0.250 e. The third-order valence-electron chi connectivity index (χ3n) is 4.16. The fraction of sp³-hybridized carbons (Fsp3) is 0.263. The fourth-order valence-corrected chi connectivity index (χ4v) is 3.62. The average molecular weight is 406 g/mol. The first-order valence-corrected chi connectivity index (χ1v) is 9.69. The molecule has 6 nitrogen and oxygen atoms in total. The molecule has 3 N–H and O–H groups in total. The summed E-state index contributed by atoms with van der Waals surface area (Å²) >= 11 is 7.35. The van der Waals surface area contributed by atoms with Crippen LogP contribution in [0.25, 0.3) is 11.4 Å². The number of carbonyl (C=O) groups excluding carboxylic acids is 1. The molecule has 0 saturated carbocycles. The van der Waals surface area contributed by atoms with Crippen LogP contribution >= 0.6 is 22.9 Å². The number of aliphatic hydroxyl groups is 1. The quantitative estimate of drug-likeness (QED) is 0.598. The Hall–Kier alpha value is -2.35. The third kappa shape index (κ3) is 4.50. The maximum absolute atomic E-state index is 11.7. The summed E-state index contributed by atoms with van der Waals surface area (Å²) in [7, 11) is 0. The molecule has 27 heavy (non-hydrogen) atoms. The van der Waals surface area contributed by atoms with E-state index in [2.05, 4.69) is 4.98 Å². The Morgan fingerprint density at radius 1 is 1.37 bits per heavy atom. The van der Waals surface area contributed by atoms with Crippen LogP contribution in [0.4, 0.5) is 0 Å². The van der Waals surface area contributed by atoms with Crippen LogP contribution in [0.3, 0.4) is 0 Å². The first kappa shape index (κ1) is 19.4. The SMILES string of the molecule is Cc1c(C(N)=O)cc(-c2csc(COc3ccc(Cl)cc3)n2)n1CCCO. The Morgan fingerprint density at radius 3 is 2.78 bits per heavy atom. The van der Waals surface area contributed by atoms with Gasteiger partial charge >= 0.3 is 0 Å². The van der Waals surface area contributed by atoms with Crippen LogP contribution < -0.4 is 10.5 Å². The van der Waals surface area contributed by atoms with E-state index in [1.165, 1.54) is 11.3 Å². The van der Waals surface area contributed by atoms with Crippen molar-refractivity contribution in [1.29, 1.82) is 0 Å². The van der Waals surface area contributed by atoms with Crippen molar-refractivity contribution < 1.29 is 14.6 Å². The number of primary amides is 1. The number of nitrogens with two attached hydrogens (primary N) is 1. The predicted molar refractivity (Wildman–Crippen MR) is 106 cm³/mol. The smallest absolute Gasteiger partial charge is 0.250 e. The van der Waals surface area contributed by atoms with Crippen molar-refractivity contribution in [3.8, 4) is 17.1 Å². The number of carbonyl (C=O) groups is 1. The van der Waals surface area contributed by atoms with E-state index < -0.39 is 5.91 Å². The summed E-state index contributed by atoms with van der Waals surface area (Å²) < 4.78 is 7.70. The summed E-state index contributed by atoms with van der Waals surface area (Å²) in [6, 6.07) is 8.91. The molecule has 1 amide bonds. The summed E-state index contributed by atoms with van der Waals surface area (Å²) in [6.07, 6.45) is 0.581. The van der Waals surface area contributed by atoms with Gasteiger partial charge in [-0.25, -0.2) is 4.98 Å². The van der Waals surface area contributed by atoms with Crippen LogP contribution in [0.15, 0.2) is 35.7 Å². The Labute approximate surface area is 166 Å². The molecule has 3 rings (SSSR count). The van der Waals surface area contributed by atoms with Gasteiger partial charge in [-0.3, -0.25) is 4.79 Å². The number of thiazole rings is 1. The standard InChI is InChI=1S/C19H20ClN3O3S/c1-12-15(19(21)25)9-17(23(12)7-2-8-24)16-11-27-18(22-16)10-26-14-5-3-13(20)4-6-14/h3-6,9,11,24H,2,7-8,10H2,1H3,(H2,21,25). The third-order valence-corrected chi connectivity index (χ3v) is 5.24. The lowest BCUT2D eigenvalue weighted by molar-refractivity contribution is 0.0999. The van der Waals surface area contributed by atoms with E-state index in [-0.39, 0.29) is 6.61 Å². The molecule has 0 aliphatic heterocycles. The van der Waals surface area contributed by atoms with Gasteiger partial charge in [-0.05, 0) is 43.7 Å². The highest BCUT2D eigenvalue weighted by atomic mass is 35.5. The minimum atomic E-state index is -0.474. The number of halogens is 1. The Morgan fingerprint density at radius 2 is 2.11 bits per heavy atom. The van der Waals surface area contributed by atoms with E-state index in [0.29, 0.717) is 35.9 Å². The second-order valence-corrected chi connectivity index (χ2v) is 7.37. The van der Waals surface area contributed by atoms with Crippen LogP contribution in [-0.2, 0) is 13.2 Å². The summed E-state index contributed by atoms with van der Waals surface area (Å²) in [5, 5.41) is 12.5. The summed E-state index contributed by atoms with van der Waals surface area (Å²) in [6.45, 7) is 2.84. The van der Waals surface area contributed by atoms with E-state index in [1.54, 1.807) is 30.3 Å². The number of aliphatic hydroxyl groups excluding tert-OH is 1. The highest BCUT2D eigenvalue weighted by Gasteiger charge is 2.18. The van der Waals surface area contributed by atoms with Gasteiger partial charge in [0.25, 0.3) is 5.91 Å². The van der Waals surface area contributed by atoms with Gasteiger partial charge in [0.15, 0.2) is 0 Å². The van der Waals surface area contributed by atoms with Crippen molar-refractivity contribution in [2.45, 2.75) is 26.5 Å². The average Bonchev–Trinajstić information content (AvgIpc) is 3.24. The van der Waals surface area contributed by atoms with E-state index in [9.17, 15) is 4.79 Å². The van der Waals surface area contributed by atoms with E-state index in [4.69, 9.17) is 27.2 Å². The van der Waals surface area contributed by atoms with Crippen molar-refractivity contribution in [1.82, 2.24) is 9.55 Å². The van der Waals surface area contributed by atoms with Crippen LogP contribution in [-0.4, -0.2) is 27.2 Å². The number of ether oxygens (including phenoxy) is 1. The topological polar surface area (TPSA) is 90.4 Å². The minimum absolute atomic E-state index is 0.0697. The molecule has 0 aliphatic rings. The van der Waals surface area contributed by atoms with Gasteiger partial charge in [-0.1, -0.05) is 11.6 Å². The number of benzene rings is 1. The molecule has 0 bridgehead atoms. The fourth-order valence-electron chi connectivity index (χ4n) is 2.79. The van der Waals surface area contributed by atoms with Crippen molar-refractivity contribution in [2.24, 2.45) is 5.73 Å². The Balaban J connectivity index is 1.81. The highest BCUT2D eigenvalue weighted by molar-refractivity contribution is 7.09. The Kier molecular flexibility index (Phi) is 6.15. The van der Waals surface area contributed by atoms with Gasteiger partial charge in [0.05, 0.1) is 17.0 Å². The molecule has 0 aliphatic carbocycles. The molecular formula is C19H20ClN3O3S. The van der Waals surface area contributed by atoms with Crippen molar-refractivity contribution in [2.75, 3.05) is 6.61 Å². The first-order chi connectivity index (χ1) is 13.0. The molecule has 0 fully saturated rings. The molecule has 1 aromatic carbocycles. The lowest BCUT2D eigenvalue weighted by Crippen LogP contribution is -2.12. The second kappa shape index (κ2) is 8.56. The number of amides is 1. The molecule has 2 heterocycles. The summed E-state index contributed by atoms with van der Waals surface area (Å²) in [5.41, 5.74) is 8.29. The number of aromatic nitrogens is 2. The van der Waals surface area contributed by atoms with Crippen molar-refractivity contribution >= 4 is 28.8 Å². The molecule has 3 aromatic rings. The molecule has 2 aromatic heterocycles. The van der Waals surface area contributed by atoms with Gasteiger partial charge in [0.2, 0.25) is 0 Å². The van der Waals surface area contributed by atoms with Gasteiger partial charge in [0, 0.05) is 29.2 Å². The predicted octanol–water partition coefficient (Wildman–Crippen LogP) is 3.63. The van der Waals surface area contributed by atoms with Gasteiger partial charge in [0.1, 0.15) is 17.4 Å². The lowest BCUT2D eigenvalue weighted by atomic mass is 10.2.